The number of hydrogen-bond donors (Lipinski definition) is 2. The normalized spacial score (nSPS) is 11.2. The number of sulfonamides is 1. The number of aryl methyl sites for hydroxylation is 1. The van der Waals surface area contributed by atoms with Gasteiger partial charge in [0.25, 0.3) is 10.0 Å². The zero-order valence-corrected chi connectivity index (χ0v) is 12.2. The topological polar surface area (TPSA) is 72.2 Å². The van der Waals surface area contributed by atoms with Gasteiger partial charge in [0.05, 0.1) is 10.6 Å². The number of rotatable bonds is 5. The van der Waals surface area contributed by atoms with Crippen molar-refractivity contribution in [1.29, 1.82) is 0 Å². The van der Waals surface area contributed by atoms with E-state index in [4.69, 9.17) is 5.73 Å². The highest BCUT2D eigenvalue weighted by Gasteiger charge is 2.13. The van der Waals surface area contributed by atoms with Gasteiger partial charge in [0.2, 0.25) is 0 Å². The van der Waals surface area contributed by atoms with Crippen LogP contribution in [0, 0.1) is 0 Å². The van der Waals surface area contributed by atoms with Gasteiger partial charge in [0.15, 0.2) is 0 Å². The molecule has 0 unspecified atom stereocenters. The first-order valence-electron chi connectivity index (χ1n) is 6.48. The maximum Gasteiger partial charge on any atom is 0.261 e. The number of nitrogen functional groups attached to an aromatic ring is 1. The van der Waals surface area contributed by atoms with Crippen LogP contribution in [0.1, 0.15) is 18.9 Å². The van der Waals surface area contributed by atoms with Crippen molar-refractivity contribution in [3.05, 3.63) is 54.1 Å². The van der Waals surface area contributed by atoms with Crippen molar-refractivity contribution in [3.63, 3.8) is 0 Å². The molecule has 0 amide bonds. The van der Waals surface area contributed by atoms with Crippen molar-refractivity contribution in [2.24, 2.45) is 0 Å². The third-order valence-electron chi connectivity index (χ3n) is 2.91. The molecule has 0 bridgehead atoms. The maximum atomic E-state index is 12.2. The molecule has 0 saturated heterocycles. The molecule has 0 atom stereocenters. The van der Waals surface area contributed by atoms with Crippen LogP contribution in [0.4, 0.5) is 11.4 Å². The van der Waals surface area contributed by atoms with E-state index in [2.05, 4.69) is 11.6 Å². The molecule has 2 aromatic rings. The van der Waals surface area contributed by atoms with E-state index in [1.54, 1.807) is 36.4 Å². The Kier molecular flexibility index (Phi) is 4.29. The summed E-state index contributed by atoms with van der Waals surface area (Å²) in [5.41, 5.74) is 7.75. The summed E-state index contributed by atoms with van der Waals surface area (Å²) in [4.78, 5) is 0.250. The molecule has 0 aliphatic heterocycles. The quantitative estimate of drug-likeness (QED) is 0.831. The van der Waals surface area contributed by atoms with E-state index in [-0.39, 0.29) is 4.90 Å². The second-order valence-corrected chi connectivity index (χ2v) is 6.31. The van der Waals surface area contributed by atoms with E-state index < -0.39 is 10.0 Å². The van der Waals surface area contributed by atoms with E-state index in [0.29, 0.717) is 11.4 Å². The van der Waals surface area contributed by atoms with E-state index in [1.165, 1.54) is 0 Å². The lowest BCUT2D eigenvalue weighted by Gasteiger charge is -2.09. The van der Waals surface area contributed by atoms with Gasteiger partial charge in [0.1, 0.15) is 0 Å². The number of nitrogens with two attached hydrogens (primary N) is 1. The van der Waals surface area contributed by atoms with Crippen molar-refractivity contribution in [2.75, 3.05) is 10.5 Å². The Balaban J connectivity index is 2.21. The third kappa shape index (κ3) is 3.51. The molecule has 2 rings (SSSR count). The summed E-state index contributed by atoms with van der Waals surface area (Å²) in [6.45, 7) is 2.09. The minimum Gasteiger partial charge on any atom is -0.399 e. The van der Waals surface area contributed by atoms with Crippen LogP contribution in [0.25, 0.3) is 0 Å². The first-order chi connectivity index (χ1) is 9.51. The van der Waals surface area contributed by atoms with Gasteiger partial charge in [0, 0.05) is 5.69 Å². The molecule has 0 aromatic heterocycles. The molecule has 0 heterocycles. The lowest BCUT2D eigenvalue weighted by atomic mass is 10.1. The largest absolute Gasteiger partial charge is 0.399 e. The van der Waals surface area contributed by atoms with E-state index in [0.717, 1.165) is 18.4 Å². The summed E-state index contributed by atoms with van der Waals surface area (Å²) in [6.07, 6.45) is 1.98. The Hall–Kier alpha value is -2.01. The van der Waals surface area contributed by atoms with Gasteiger partial charge in [-0.15, -0.1) is 0 Å². The molecule has 0 fully saturated rings. The molecule has 2 aromatic carbocycles. The molecule has 5 heteroatoms. The van der Waals surface area contributed by atoms with Crippen LogP contribution >= 0.6 is 0 Å². The second-order valence-electron chi connectivity index (χ2n) is 4.62. The standard InChI is InChI=1S/C15H18N2O2S/c1-2-4-12-7-9-15(10-8-12)20(18,19)17-14-6-3-5-13(16)11-14/h3,5-11,17H,2,4,16H2,1H3. The van der Waals surface area contributed by atoms with Gasteiger partial charge in [-0.1, -0.05) is 31.5 Å². The van der Waals surface area contributed by atoms with Crippen molar-refractivity contribution in [3.8, 4) is 0 Å². The van der Waals surface area contributed by atoms with Crippen LogP contribution in [0.2, 0.25) is 0 Å². The highest BCUT2D eigenvalue weighted by Crippen LogP contribution is 2.18. The Morgan fingerprint density at radius 1 is 1.10 bits per heavy atom. The van der Waals surface area contributed by atoms with Gasteiger partial charge in [-0.05, 0) is 42.3 Å². The zero-order valence-electron chi connectivity index (χ0n) is 11.3. The van der Waals surface area contributed by atoms with Crippen molar-refractivity contribution >= 4 is 21.4 Å². The Morgan fingerprint density at radius 3 is 2.40 bits per heavy atom. The lowest BCUT2D eigenvalue weighted by molar-refractivity contribution is 0.601. The smallest absolute Gasteiger partial charge is 0.261 e. The molecular weight excluding hydrogens is 272 g/mol. The molecular formula is C15H18N2O2S. The monoisotopic (exact) mass is 290 g/mol. The highest BCUT2D eigenvalue weighted by atomic mass is 32.2. The van der Waals surface area contributed by atoms with Crippen LogP contribution < -0.4 is 10.5 Å². The number of anilines is 2. The van der Waals surface area contributed by atoms with E-state index in [9.17, 15) is 8.42 Å². The number of hydrogen-bond acceptors (Lipinski definition) is 3. The van der Waals surface area contributed by atoms with Crippen molar-refractivity contribution in [1.82, 2.24) is 0 Å². The first kappa shape index (κ1) is 14.4. The molecule has 3 N–H and O–H groups in total. The van der Waals surface area contributed by atoms with Crippen molar-refractivity contribution in [2.45, 2.75) is 24.7 Å². The average molecular weight is 290 g/mol. The molecule has 4 nitrogen and oxygen atoms in total. The number of nitrogens with one attached hydrogen (secondary N) is 1. The molecule has 0 saturated carbocycles. The van der Waals surface area contributed by atoms with Gasteiger partial charge in [-0.2, -0.15) is 0 Å². The van der Waals surface area contributed by atoms with Gasteiger partial charge >= 0.3 is 0 Å². The predicted molar refractivity (Wildman–Crippen MR) is 82.1 cm³/mol. The fraction of sp³-hybridized carbons (Fsp3) is 0.200. The van der Waals surface area contributed by atoms with Crippen LogP contribution in [0.5, 0.6) is 0 Å². The minimum absolute atomic E-state index is 0.250. The fourth-order valence-electron chi connectivity index (χ4n) is 1.94. The summed E-state index contributed by atoms with van der Waals surface area (Å²) in [7, 11) is -3.57. The Morgan fingerprint density at radius 2 is 1.80 bits per heavy atom. The maximum absolute atomic E-state index is 12.2. The number of benzene rings is 2. The molecule has 20 heavy (non-hydrogen) atoms. The predicted octanol–water partition coefficient (Wildman–Crippen LogP) is 3.02. The average Bonchev–Trinajstić information content (AvgIpc) is 2.39. The van der Waals surface area contributed by atoms with E-state index >= 15 is 0 Å². The SMILES string of the molecule is CCCc1ccc(S(=O)(=O)Nc2cccc(N)c2)cc1. The molecule has 0 aliphatic carbocycles. The second kappa shape index (κ2) is 5.96. The summed E-state index contributed by atoms with van der Waals surface area (Å²) in [5, 5.41) is 0. The first-order valence-corrected chi connectivity index (χ1v) is 7.97. The van der Waals surface area contributed by atoms with Crippen LogP contribution in [-0.4, -0.2) is 8.42 Å². The van der Waals surface area contributed by atoms with E-state index in [1.807, 2.05) is 12.1 Å². The van der Waals surface area contributed by atoms with Crippen molar-refractivity contribution < 1.29 is 8.42 Å². The van der Waals surface area contributed by atoms with Crippen LogP contribution in [-0.2, 0) is 16.4 Å². The van der Waals surface area contributed by atoms with Gasteiger partial charge < -0.3 is 5.73 Å². The van der Waals surface area contributed by atoms with Gasteiger partial charge in [-0.3, -0.25) is 4.72 Å². The lowest BCUT2D eigenvalue weighted by Crippen LogP contribution is -2.13. The van der Waals surface area contributed by atoms with Crippen LogP contribution in [0.15, 0.2) is 53.4 Å². The van der Waals surface area contributed by atoms with Crippen LogP contribution in [0.3, 0.4) is 0 Å². The zero-order chi connectivity index (χ0) is 14.6. The molecule has 0 aliphatic rings. The molecule has 0 spiro atoms. The summed E-state index contributed by atoms with van der Waals surface area (Å²) >= 11 is 0. The summed E-state index contributed by atoms with van der Waals surface area (Å²) in [6, 6.07) is 13.6. The summed E-state index contributed by atoms with van der Waals surface area (Å²) < 4.78 is 27.0. The molecule has 0 radical (unpaired) electrons. The minimum atomic E-state index is -3.57. The Labute approximate surface area is 119 Å². The fourth-order valence-corrected chi connectivity index (χ4v) is 2.99. The Bertz CT molecular complexity index is 679. The highest BCUT2D eigenvalue weighted by molar-refractivity contribution is 7.92. The third-order valence-corrected chi connectivity index (χ3v) is 4.31. The van der Waals surface area contributed by atoms with Gasteiger partial charge in [-0.25, -0.2) is 8.42 Å². The summed E-state index contributed by atoms with van der Waals surface area (Å²) in [5.74, 6) is 0. The molecule has 106 valence electrons.